The summed E-state index contributed by atoms with van der Waals surface area (Å²) >= 11 is 0. The van der Waals surface area contributed by atoms with Gasteiger partial charge in [0.25, 0.3) is 0 Å². The van der Waals surface area contributed by atoms with Crippen LogP contribution in [0.3, 0.4) is 0 Å². The van der Waals surface area contributed by atoms with Crippen molar-refractivity contribution < 1.29 is 14.4 Å². The summed E-state index contributed by atoms with van der Waals surface area (Å²) in [5, 5.41) is 14.3. The van der Waals surface area contributed by atoms with E-state index >= 15 is 0 Å². The lowest BCUT2D eigenvalue weighted by Gasteiger charge is -2.33. The zero-order valence-electron chi connectivity index (χ0n) is 13.4. The van der Waals surface area contributed by atoms with Crippen molar-refractivity contribution in [1.29, 1.82) is 0 Å². The second-order valence-corrected chi connectivity index (χ2v) is 6.51. The van der Waals surface area contributed by atoms with E-state index in [9.17, 15) is 10.1 Å². The molecule has 1 saturated carbocycles. The van der Waals surface area contributed by atoms with Crippen LogP contribution in [0.4, 0.5) is 17.5 Å². The van der Waals surface area contributed by atoms with Crippen LogP contribution in [0.5, 0.6) is 0 Å². The first-order valence-electron chi connectivity index (χ1n) is 8.47. The maximum atomic E-state index is 11.1. The third kappa shape index (κ3) is 3.27. The van der Waals surface area contributed by atoms with Gasteiger partial charge < -0.3 is 19.7 Å². The Morgan fingerprint density at radius 2 is 1.92 bits per heavy atom. The van der Waals surface area contributed by atoms with Gasteiger partial charge in [0.1, 0.15) is 6.20 Å². The lowest BCUT2D eigenvalue weighted by atomic mass is 9.96. The predicted octanol–water partition coefficient (Wildman–Crippen LogP) is 1.55. The summed E-state index contributed by atoms with van der Waals surface area (Å²) in [4.78, 5) is 21.4. The molecule has 1 aromatic heterocycles. The Bertz CT molecular complexity index is 610. The quantitative estimate of drug-likeness (QED) is 0.638. The maximum absolute atomic E-state index is 11.1. The molecule has 0 atom stereocenters. The Balaban J connectivity index is 1.45. The van der Waals surface area contributed by atoms with Crippen molar-refractivity contribution in [3.63, 3.8) is 0 Å². The molecular weight excluding hydrogens is 314 g/mol. The number of nitrogens with one attached hydrogen (secondary N) is 1. The molecular formula is C15H21N5O4. The van der Waals surface area contributed by atoms with E-state index in [4.69, 9.17) is 9.47 Å². The Morgan fingerprint density at radius 3 is 2.54 bits per heavy atom. The molecule has 0 spiro atoms. The highest BCUT2D eigenvalue weighted by Gasteiger charge is 2.32. The number of anilines is 2. The van der Waals surface area contributed by atoms with Crippen molar-refractivity contribution >= 4 is 17.5 Å². The van der Waals surface area contributed by atoms with E-state index in [1.807, 2.05) is 0 Å². The first kappa shape index (κ1) is 15.5. The van der Waals surface area contributed by atoms with Crippen LogP contribution in [-0.4, -0.2) is 53.5 Å². The summed E-state index contributed by atoms with van der Waals surface area (Å²) in [7, 11) is 0. The zero-order valence-corrected chi connectivity index (χ0v) is 13.4. The summed E-state index contributed by atoms with van der Waals surface area (Å²) in [5.41, 5.74) is -0.0618. The minimum absolute atomic E-state index is 0.0618. The molecule has 0 radical (unpaired) electrons. The van der Waals surface area contributed by atoms with E-state index in [0.717, 1.165) is 38.8 Å². The highest BCUT2D eigenvalue weighted by atomic mass is 16.7. The Morgan fingerprint density at radius 1 is 1.21 bits per heavy atom. The summed E-state index contributed by atoms with van der Waals surface area (Å²) in [5.74, 6) is 1.28. The largest absolute Gasteiger partial charge is 0.361 e. The number of rotatable bonds is 5. The van der Waals surface area contributed by atoms with Crippen molar-refractivity contribution in [2.45, 2.75) is 38.0 Å². The van der Waals surface area contributed by atoms with Crippen LogP contribution >= 0.6 is 0 Å². The van der Waals surface area contributed by atoms with Gasteiger partial charge in [0, 0.05) is 25.0 Å². The van der Waals surface area contributed by atoms with Gasteiger partial charge in [0.05, 0.1) is 18.1 Å². The molecule has 9 heteroatoms. The highest BCUT2D eigenvalue weighted by molar-refractivity contribution is 5.58. The van der Waals surface area contributed by atoms with Crippen LogP contribution in [-0.2, 0) is 9.47 Å². The topological polar surface area (TPSA) is 103 Å². The molecule has 3 fully saturated rings. The number of aromatic nitrogens is 2. The molecule has 0 amide bonds. The van der Waals surface area contributed by atoms with Crippen LogP contribution in [0.2, 0.25) is 0 Å². The smallest absolute Gasteiger partial charge is 0.329 e. The predicted molar refractivity (Wildman–Crippen MR) is 86.0 cm³/mol. The first-order chi connectivity index (χ1) is 11.7. The standard InChI is InChI=1S/C15H21N5O4/c21-20(22)12-9-16-15(18-13(12)17-11-1-2-11)19-5-3-10(4-6-19)14-23-7-8-24-14/h9-11,14H,1-8H2,(H,16,17,18). The molecule has 0 bridgehead atoms. The van der Waals surface area contributed by atoms with Gasteiger partial charge in [-0.15, -0.1) is 0 Å². The maximum Gasteiger partial charge on any atom is 0.329 e. The Labute approximate surface area is 139 Å². The van der Waals surface area contributed by atoms with Crippen LogP contribution in [0.1, 0.15) is 25.7 Å². The molecule has 1 aromatic rings. The molecule has 3 aliphatic rings. The van der Waals surface area contributed by atoms with Crippen LogP contribution in [0, 0.1) is 16.0 Å². The van der Waals surface area contributed by atoms with E-state index in [1.165, 1.54) is 6.20 Å². The van der Waals surface area contributed by atoms with Crippen LogP contribution < -0.4 is 10.2 Å². The van der Waals surface area contributed by atoms with E-state index in [1.54, 1.807) is 0 Å². The number of ether oxygens (including phenoxy) is 2. The molecule has 0 aromatic carbocycles. The van der Waals surface area contributed by atoms with Crippen molar-refractivity contribution in [2.75, 3.05) is 36.5 Å². The molecule has 24 heavy (non-hydrogen) atoms. The fourth-order valence-electron chi connectivity index (χ4n) is 3.20. The second-order valence-electron chi connectivity index (χ2n) is 6.51. The van der Waals surface area contributed by atoms with Crippen molar-refractivity contribution in [3.05, 3.63) is 16.3 Å². The van der Waals surface area contributed by atoms with Gasteiger partial charge in [-0.3, -0.25) is 10.1 Å². The van der Waals surface area contributed by atoms with Crippen LogP contribution in [0.15, 0.2) is 6.20 Å². The van der Waals surface area contributed by atoms with E-state index in [2.05, 4.69) is 20.2 Å². The monoisotopic (exact) mass is 335 g/mol. The third-order valence-corrected chi connectivity index (χ3v) is 4.73. The van der Waals surface area contributed by atoms with Gasteiger partial charge in [-0.1, -0.05) is 0 Å². The number of nitrogens with zero attached hydrogens (tertiary/aromatic N) is 4. The van der Waals surface area contributed by atoms with Gasteiger partial charge in [0.15, 0.2) is 6.29 Å². The van der Waals surface area contributed by atoms with E-state index < -0.39 is 4.92 Å². The summed E-state index contributed by atoms with van der Waals surface area (Å²) in [6, 6.07) is 0.300. The minimum atomic E-state index is -0.435. The van der Waals surface area contributed by atoms with Gasteiger partial charge in [0.2, 0.25) is 11.8 Å². The SMILES string of the molecule is O=[N+]([O-])c1cnc(N2CCC(C3OCCO3)CC2)nc1NC1CC1. The molecule has 2 aliphatic heterocycles. The molecule has 130 valence electrons. The fraction of sp³-hybridized carbons (Fsp3) is 0.733. The number of hydrogen-bond donors (Lipinski definition) is 1. The molecule has 4 rings (SSSR count). The molecule has 0 unspecified atom stereocenters. The van der Waals surface area contributed by atoms with Crippen molar-refractivity contribution in [1.82, 2.24) is 9.97 Å². The average Bonchev–Trinajstić information content (AvgIpc) is 3.24. The van der Waals surface area contributed by atoms with Gasteiger partial charge in [-0.25, -0.2) is 4.98 Å². The minimum Gasteiger partial charge on any atom is -0.361 e. The fourth-order valence-corrected chi connectivity index (χ4v) is 3.20. The normalized spacial score (nSPS) is 22.8. The van der Waals surface area contributed by atoms with Crippen LogP contribution in [0.25, 0.3) is 0 Å². The first-order valence-corrected chi connectivity index (χ1v) is 8.47. The van der Waals surface area contributed by atoms with Crippen molar-refractivity contribution in [2.24, 2.45) is 5.92 Å². The zero-order chi connectivity index (χ0) is 16.5. The van der Waals surface area contributed by atoms with Gasteiger partial charge in [-0.2, -0.15) is 4.98 Å². The van der Waals surface area contributed by atoms with Crippen molar-refractivity contribution in [3.8, 4) is 0 Å². The van der Waals surface area contributed by atoms with Gasteiger partial charge in [-0.05, 0) is 25.7 Å². The Hall–Kier alpha value is -2.00. The van der Waals surface area contributed by atoms with Gasteiger partial charge >= 0.3 is 5.69 Å². The molecule has 2 saturated heterocycles. The highest BCUT2D eigenvalue weighted by Crippen LogP contribution is 2.32. The summed E-state index contributed by atoms with van der Waals surface area (Å²) < 4.78 is 11.2. The molecule has 3 heterocycles. The second kappa shape index (κ2) is 6.48. The Kier molecular flexibility index (Phi) is 4.19. The van der Waals surface area contributed by atoms with E-state index in [0.29, 0.717) is 36.9 Å². The number of nitro groups is 1. The number of hydrogen-bond acceptors (Lipinski definition) is 8. The third-order valence-electron chi connectivity index (χ3n) is 4.73. The molecule has 9 nitrogen and oxygen atoms in total. The summed E-state index contributed by atoms with van der Waals surface area (Å²) in [6.07, 6.45) is 5.17. The van der Waals surface area contributed by atoms with E-state index in [-0.39, 0.29) is 12.0 Å². The summed E-state index contributed by atoms with van der Waals surface area (Å²) in [6.45, 7) is 2.95. The average molecular weight is 335 g/mol. The lowest BCUT2D eigenvalue weighted by molar-refractivity contribution is -0.384. The number of piperidine rings is 1. The molecule has 1 aliphatic carbocycles. The lowest BCUT2D eigenvalue weighted by Crippen LogP contribution is -2.39. The molecule has 1 N–H and O–H groups in total.